The first kappa shape index (κ1) is 23.0. The molecule has 0 radical (unpaired) electrons. The molecule has 1 aromatic rings. The summed E-state index contributed by atoms with van der Waals surface area (Å²) in [6.45, 7) is 4.01. The third-order valence-electron chi connectivity index (χ3n) is 3.98. The summed E-state index contributed by atoms with van der Waals surface area (Å²) in [5, 5.41) is 3.49. The van der Waals surface area contributed by atoms with Gasteiger partial charge in [-0.25, -0.2) is 0 Å². The number of benzene rings is 1. The van der Waals surface area contributed by atoms with Crippen molar-refractivity contribution in [3.63, 3.8) is 0 Å². The number of methoxy groups -OCH3 is 1. The molecule has 1 N–H and O–H groups in total. The van der Waals surface area contributed by atoms with Gasteiger partial charge in [0.1, 0.15) is 5.75 Å². The Morgan fingerprint density at radius 3 is 2.54 bits per heavy atom. The first-order chi connectivity index (χ1) is 11.0. The van der Waals surface area contributed by atoms with Crippen LogP contribution in [-0.2, 0) is 0 Å². The zero-order chi connectivity index (χ0) is 17.2. The van der Waals surface area contributed by atoms with Gasteiger partial charge in [-0.05, 0) is 38.2 Å². The molecule has 0 amide bonds. The molecule has 0 heterocycles. The van der Waals surface area contributed by atoms with Crippen LogP contribution in [0, 0.1) is 0 Å². The lowest BCUT2D eigenvalue weighted by atomic mass is 10.1. The molecule has 1 atom stereocenters. The van der Waals surface area contributed by atoms with Gasteiger partial charge >= 0.3 is 0 Å². The number of nitrogens with one attached hydrogen (secondary N) is 1. The van der Waals surface area contributed by atoms with E-state index in [-0.39, 0.29) is 30.0 Å². The van der Waals surface area contributed by atoms with Gasteiger partial charge in [0.15, 0.2) is 5.96 Å². The fourth-order valence-corrected chi connectivity index (χ4v) is 2.52. The van der Waals surface area contributed by atoms with Crippen LogP contribution in [0.5, 0.6) is 5.75 Å². The van der Waals surface area contributed by atoms with Gasteiger partial charge in [-0.1, -0.05) is 25.5 Å². The molecule has 0 aliphatic heterocycles. The lowest BCUT2D eigenvalue weighted by Gasteiger charge is -2.28. The molecule has 0 saturated heterocycles. The van der Waals surface area contributed by atoms with Crippen LogP contribution in [-0.4, -0.2) is 64.1 Å². The van der Waals surface area contributed by atoms with Gasteiger partial charge in [0.05, 0.1) is 13.2 Å². The van der Waals surface area contributed by atoms with Gasteiger partial charge in [-0.15, -0.1) is 24.0 Å². The zero-order valence-corrected chi connectivity index (χ0v) is 18.2. The Kier molecular flexibility index (Phi) is 11.8. The molecule has 5 nitrogen and oxygen atoms in total. The molecule has 0 fully saturated rings. The Labute approximate surface area is 164 Å². The minimum absolute atomic E-state index is 0. The molecule has 0 saturated carbocycles. The van der Waals surface area contributed by atoms with E-state index in [1.165, 1.54) is 18.4 Å². The van der Waals surface area contributed by atoms with Crippen molar-refractivity contribution in [2.75, 3.05) is 48.4 Å². The lowest BCUT2D eigenvalue weighted by Crippen LogP contribution is -2.43. The minimum Gasteiger partial charge on any atom is -0.497 e. The van der Waals surface area contributed by atoms with Gasteiger partial charge < -0.3 is 19.9 Å². The largest absolute Gasteiger partial charge is 0.497 e. The third kappa shape index (κ3) is 7.25. The maximum absolute atomic E-state index is 5.34. The second-order valence-corrected chi connectivity index (χ2v) is 5.96. The molecule has 1 unspecified atom stereocenters. The second-order valence-electron chi connectivity index (χ2n) is 5.96. The molecule has 0 aliphatic rings. The Bertz CT molecular complexity index is 494. The van der Waals surface area contributed by atoms with E-state index in [0.717, 1.165) is 24.8 Å². The van der Waals surface area contributed by atoms with E-state index in [1.807, 2.05) is 19.2 Å². The van der Waals surface area contributed by atoms with Crippen LogP contribution in [0.1, 0.15) is 31.4 Å². The molecular weight excluding hydrogens is 415 g/mol. The smallest absolute Gasteiger partial charge is 0.193 e. The normalized spacial score (nSPS) is 12.5. The Balaban J connectivity index is 0.00000529. The number of ether oxygens (including phenoxy) is 1. The molecule has 0 aliphatic carbocycles. The van der Waals surface area contributed by atoms with E-state index in [4.69, 9.17) is 4.74 Å². The summed E-state index contributed by atoms with van der Waals surface area (Å²) in [7, 11) is 9.81. The lowest BCUT2D eigenvalue weighted by molar-refractivity contribution is 0.294. The van der Waals surface area contributed by atoms with Crippen LogP contribution < -0.4 is 10.1 Å². The summed E-state index contributed by atoms with van der Waals surface area (Å²) >= 11 is 0. The highest BCUT2D eigenvalue weighted by molar-refractivity contribution is 14.0. The van der Waals surface area contributed by atoms with Crippen molar-refractivity contribution in [3.05, 3.63) is 29.8 Å². The molecule has 6 heteroatoms. The van der Waals surface area contributed by atoms with Gasteiger partial charge in [0.25, 0.3) is 0 Å². The van der Waals surface area contributed by atoms with Crippen molar-refractivity contribution in [1.29, 1.82) is 0 Å². The highest BCUT2D eigenvalue weighted by Gasteiger charge is 2.16. The van der Waals surface area contributed by atoms with Crippen molar-refractivity contribution in [2.24, 2.45) is 4.99 Å². The SMILES string of the molecule is CCCCN(C)C(=NC)NCC(c1cccc(OC)c1)N(C)C.I. The number of aliphatic imine (C=N–C) groups is 1. The summed E-state index contributed by atoms with van der Waals surface area (Å²) in [6.07, 6.45) is 2.36. The average molecular weight is 448 g/mol. The molecular formula is C18H33IN4O. The van der Waals surface area contributed by atoms with Gasteiger partial charge in [0, 0.05) is 27.2 Å². The van der Waals surface area contributed by atoms with Gasteiger partial charge in [-0.2, -0.15) is 0 Å². The highest BCUT2D eigenvalue weighted by Crippen LogP contribution is 2.22. The van der Waals surface area contributed by atoms with Crippen molar-refractivity contribution < 1.29 is 4.74 Å². The van der Waals surface area contributed by atoms with E-state index in [0.29, 0.717) is 0 Å². The van der Waals surface area contributed by atoms with E-state index < -0.39 is 0 Å². The number of unbranched alkanes of at least 4 members (excludes halogenated alkanes) is 1. The van der Waals surface area contributed by atoms with Crippen molar-refractivity contribution in [2.45, 2.75) is 25.8 Å². The van der Waals surface area contributed by atoms with Crippen LogP contribution >= 0.6 is 24.0 Å². The average Bonchev–Trinajstić information content (AvgIpc) is 2.56. The topological polar surface area (TPSA) is 40.1 Å². The van der Waals surface area contributed by atoms with Gasteiger partial charge in [0.2, 0.25) is 0 Å². The third-order valence-corrected chi connectivity index (χ3v) is 3.98. The Morgan fingerprint density at radius 2 is 2.00 bits per heavy atom. The Hall–Kier alpha value is -1.02. The summed E-state index contributed by atoms with van der Waals surface area (Å²) < 4.78 is 5.34. The summed E-state index contributed by atoms with van der Waals surface area (Å²) in [6, 6.07) is 8.49. The summed E-state index contributed by atoms with van der Waals surface area (Å²) in [5.41, 5.74) is 1.23. The number of guanidine groups is 1. The number of hydrogen-bond acceptors (Lipinski definition) is 3. The van der Waals surface area contributed by atoms with E-state index in [1.54, 1.807) is 7.11 Å². The zero-order valence-electron chi connectivity index (χ0n) is 15.9. The van der Waals surface area contributed by atoms with Crippen molar-refractivity contribution in [3.8, 4) is 5.75 Å². The first-order valence-electron chi connectivity index (χ1n) is 8.25. The molecule has 0 aromatic heterocycles. The number of nitrogens with zero attached hydrogens (tertiary/aromatic N) is 3. The number of rotatable bonds is 8. The van der Waals surface area contributed by atoms with Gasteiger partial charge in [-0.3, -0.25) is 4.99 Å². The van der Waals surface area contributed by atoms with Crippen LogP contribution in [0.25, 0.3) is 0 Å². The van der Waals surface area contributed by atoms with Crippen LogP contribution in [0.3, 0.4) is 0 Å². The van der Waals surface area contributed by atoms with E-state index in [2.05, 4.69) is 60.3 Å². The minimum atomic E-state index is 0. The standard InChI is InChI=1S/C18H32N4O.HI/c1-7-8-12-22(5)18(19-2)20-14-17(21(3)4)15-10-9-11-16(13-15)23-6;/h9-11,13,17H,7-8,12,14H2,1-6H3,(H,19,20);1H. The number of likely N-dealkylation sites (N-methyl/N-ethyl adjacent to an activating group) is 1. The highest BCUT2D eigenvalue weighted by atomic mass is 127. The first-order valence-corrected chi connectivity index (χ1v) is 8.25. The van der Waals surface area contributed by atoms with Crippen LogP contribution in [0.15, 0.2) is 29.3 Å². The molecule has 24 heavy (non-hydrogen) atoms. The maximum atomic E-state index is 5.34. The summed E-state index contributed by atoms with van der Waals surface area (Å²) in [4.78, 5) is 8.78. The predicted molar refractivity (Wildman–Crippen MR) is 114 cm³/mol. The van der Waals surface area contributed by atoms with Crippen molar-refractivity contribution in [1.82, 2.24) is 15.1 Å². The monoisotopic (exact) mass is 448 g/mol. The molecule has 1 aromatic carbocycles. The maximum Gasteiger partial charge on any atom is 0.193 e. The predicted octanol–water partition coefficient (Wildman–Crippen LogP) is 3.22. The fraction of sp³-hybridized carbons (Fsp3) is 0.611. The van der Waals surface area contributed by atoms with E-state index in [9.17, 15) is 0 Å². The number of hydrogen-bond donors (Lipinski definition) is 1. The molecule has 138 valence electrons. The fourth-order valence-electron chi connectivity index (χ4n) is 2.52. The molecule has 1 rings (SSSR count). The molecule has 0 spiro atoms. The molecule has 0 bridgehead atoms. The van der Waals surface area contributed by atoms with E-state index >= 15 is 0 Å². The summed E-state index contributed by atoms with van der Waals surface area (Å²) in [5.74, 6) is 1.83. The number of halogens is 1. The quantitative estimate of drug-likeness (QED) is 0.377. The van der Waals surface area contributed by atoms with Crippen molar-refractivity contribution >= 4 is 29.9 Å². The van der Waals surface area contributed by atoms with Crippen LogP contribution in [0.2, 0.25) is 0 Å². The van der Waals surface area contributed by atoms with Crippen LogP contribution in [0.4, 0.5) is 0 Å². The second kappa shape index (κ2) is 12.4. The Morgan fingerprint density at radius 1 is 1.29 bits per heavy atom.